The van der Waals surface area contributed by atoms with Crippen LogP contribution >= 0.6 is 0 Å². The molecule has 0 atom stereocenters. The van der Waals surface area contributed by atoms with Gasteiger partial charge in [-0.1, -0.05) is 72.8 Å². The summed E-state index contributed by atoms with van der Waals surface area (Å²) in [5, 5.41) is 26.6. The van der Waals surface area contributed by atoms with Gasteiger partial charge in [-0.25, -0.2) is 14.4 Å². The lowest BCUT2D eigenvalue weighted by Crippen LogP contribution is -1.88. The molecule has 39 heavy (non-hydrogen) atoms. The van der Waals surface area contributed by atoms with E-state index in [0.29, 0.717) is 0 Å². The second-order valence-electron chi connectivity index (χ2n) is 8.68. The molecule has 4 aromatic rings. The van der Waals surface area contributed by atoms with Crippen molar-refractivity contribution >= 4 is 36.1 Å². The first-order valence-electron chi connectivity index (χ1n) is 12.0. The van der Waals surface area contributed by atoms with Crippen LogP contribution in [0, 0.1) is 0 Å². The zero-order chi connectivity index (χ0) is 27.8. The summed E-state index contributed by atoms with van der Waals surface area (Å²) < 4.78 is 0. The van der Waals surface area contributed by atoms with Crippen molar-refractivity contribution < 1.29 is 29.7 Å². The Morgan fingerprint density at radius 3 is 0.821 bits per heavy atom. The minimum atomic E-state index is -1.01. The molecule has 0 saturated heterocycles. The summed E-state index contributed by atoms with van der Waals surface area (Å²) in [5.74, 6) is -3.03. The standard InChI is InChI=1S/C33H24O6/c34-31(35)16-7-22-1-10-25(11-2-22)28-19-29(26-12-3-23(4-13-26)8-17-32(36)37)21-30(20-28)27-14-5-24(6-15-27)9-18-33(38)39/h1-21H,(H,34,35)(H,36,37)(H,38,39)/b16-7+,17-8+,18-9+. The number of aliphatic carboxylic acids is 3. The Morgan fingerprint density at radius 1 is 0.385 bits per heavy atom. The van der Waals surface area contributed by atoms with Gasteiger partial charge in [-0.15, -0.1) is 0 Å². The largest absolute Gasteiger partial charge is 0.478 e. The van der Waals surface area contributed by atoms with E-state index in [9.17, 15) is 14.4 Å². The summed E-state index contributed by atoms with van der Waals surface area (Å²) >= 11 is 0. The molecule has 0 aliphatic carbocycles. The van der Waals surface area contributed by atoms with Gasteiger partial charge >= 0.3 is 17.9 Å². The predicted molar refractivity (Wildman–Crippen MR) is 153 cm³/mol. The molecule has 3 N–H and O–H groups in total. The topological polar surface area (TPSA) is 112 Å². The Balaban J connectivity index is 1.75. The highest BCUT2D eigenvalue weighted by Crippen LogP contribution is 2.33. The van der Waals surface area contributed by atoms with Gasteiger partial charge in [0.25, 0.3) is 0 Å². The lowest BCUT2D eigenvalue weighted by Gasteiger charge is -2.12. The number of benzene rings is 4. The van der Waals surface area contributed by atoms with Crippen molar-refractivity contribution in [1.29, 1.82) is 0 Å². The van der Waals surface area contributed by atoms with Crippen LogP contribution in [-0.2, 0) is 14.4 Å². The molecular weight excluding hydrogens is 492 g/mol. The maximum Gasteiger partial charge on any atom is 0.328 e. The molecule has 0 aromatic heterocycles. The third-order valence-corrected chi connectivity index (χ3v) is 5.92. The zero-order valence-electron chi connectivity index (χ0n) is 20.7. The molecule has 0 saturated carbocycles. The maximum atomic E-state index is 10.8. The van der Waals surface area contributed by atoms with Gasteiger partial charge in [0.05, 0.1) is 0 Å². The van der Waals surface area contributed by atoms with Gasteiger partial charge in [0.15, 0.2) is 0 Å². The van der Waals surface area contributed by atoms with Crippen LogP contribution < -0.4 is 0 Å². The van der Waals surface area contributed by atoms with Crippen LogP contribution in [-0.4, -0.2) is 33.2 Å². The van der Waals surface area contributed by atoms with Gasteiger partial charge in [-0.05, 0) is 86.5 Å². The second-order valence-corrected chi connectivity index (χ2v) is 8.68. The van der Waals surface area contributed by atoms with E-state index < -0.39 is 17.9 Å². The van der Waals surface area contributed by atoms with E-state index in [1.807, 2.05) is 72.8 Å². The number of carboxylic acids is 3. The van der Waals surface area contributed by atoms with E-state index in [2.05, 4.69) is 18.2 Å². The minimum Gasteiger partial charge on any atom is -0.478 e. The molecule has 0 heterocycles. The minimum absolute atomic E-state index is 0.771. The molecule has 192 valence electrons. The summed E-state index contributed by atoms with van der Waals surface area (Å²) in [5.41, 5.74) is 8.04. The molecule has 4 aromatic carbocycles. The number of rotatable bonds is 9. The third kappa shape index (κ3) is 7.50. The molecule has 0 spiro atoms. The van der Waals surface area contributed by atoms with E-state index in [0.717, 1.165) is 68.3 Å². The van der Waals surface area contributed by atoms with Crippen LogP contribution in [0.2, 0.25) is 0 Å². The van der Waals surface area contributed by atoms with E-state index in [1.54, 1.807) is 0 Å². The molecule has 0 bridgehead atoms. The fourth-order valence-corrected chi connectivity index (χ4v) is 3.99. The Morgan fingerprint density at radius 2 is 0.615 bits per heavy atom. The molecule has 0 aliphatic heterocycles. The van der Waals surface area contributed by atoms with E-state index in [1.165, 1.54) is 18.2 Å². The highest BCUT2D eigenvalue weighted by atomic mass is 16.4. The van der Waals surface area contributed by atoms with Crippen molar-refractivity contribution in [1.82, 2.24) is 0 Å². The second kappa shape index (κ2) is 12.2. The summed E-state index contributed by atoms with van der Waals surface area (Å²) in [6, 6.07) is 28.9. The van der Waals surface area contributed by atoms with Gasteiger partial charge in [0.1, 0.15) is 0 Å². The average Bonchev–Trinajstić information content (AvgIpc) is 2.94. The van der Waals surface area contributed by atoms with Gasteiger partial charge in [0.2, 0.25) is 0 Å². The first kappa shape index (κ1) is 26.6. The molecular formula is C33H24O6. The van der Waals surface area contributed by atoms with Crippen LogP contribution in [0.4, 0.5) is 0 Å². The fourth-order valence-electron chi connectivity index (χ4n) is 3.99. The fraction of sp³-hybridized carbons (Fsp3) is 0. The van der Waals surface area contributed by atoms with Crippen molar-refractivity contribution in [2.75, 3.05) is 0 Å². The van der Waals surface area contributed by atoms with Crippen molar-refractivity contribution in [3.8, 4) is 33.4 Å². The number of carbonyl (C=O) groups is 3. The molecule has 0 amide bonds. The lowest BCUT2D eigenvalue weighted by molar-refractivity contribution is -0.132. The number of hydrogen-bond donors (Lipinski definition) is 3. The third-order valence-electron chi connectivity index (χ3n) is 5.92. The number of carboxylic acid groups (broad SMARTS) is 3. The van der Waals surface area contributed by atoms with Crippen molar-refractivity contribution in [2.45, 2.75) is 0 Å². The first-order chi connectivity index (χ1) is 18.8. The van der Waals surface area contributed by atoms with E-state index >= 15 is 0 Å². The highest BCUT2D eigenvalue weighted by Gasteiger charge is 2.08. The Bertz CT molecular complexity index is 1380. The molecule has 4 rings (SSSR count). The van der Waals surface area contributed by atoms with Crippen LogP contribution in [0.5, 0.6) is 0 Å². The van der Waals surface area contributed by atoms with Gasteiger partial charge in [0, 0.05) is 18.2 Å². The van der Waals surface area contributed by atoms with Gasteiger partial charge < -0.3 is 15.3 Å². The molecule has 6 heteroatoms. The summed E-state index contributed by atoms with van der Waals surface area (Å²) in [6.07, 6.45) is 7.90. The van der Waals surface area contributed by atoms with Crippen LogP contribution in [0.25, 0.3) is 51.6 Å². The molecule has 0 fully saturated rings. The predicted octanol–water partition coefficient (Wildman–Crippen LogP) is 6.98. The summed E-state index contributed by atoms with van der Waals surface area (Å²) in [4.78, 5) is 32.5. The van der Waals surface area contributed by atoms with Crippen molar-refractivity contribution in [3.05, 3.63) is 126 Å². The molecule has 6 nitrogen and oxygen atoms in total. The van der Waals surface area contributed by atoms with E-state index in [4.69, 9.17) is 15.3 Å². The maximum absolute atomic E-state index is 10.8. The summed E-state index contributed by atoms with van der Waals surface area (Å²) in [7, 11) is 0. The van der Waals surface area contributed by atoms with Crippen molar-refractivity contribution in [2.24, 2.45) is 0 Å². The van der Waals surface area contributed by atoms with Crippen LogP contribution in [0.1, 0.15) is 16.7 Å². The Kier molecular flexibility index (Phi) is 8.29. The Hall–Kier alpha value is -5.49. The van der Waals surface area contributed by atoms with Crippen LogP contribution in [0.3, 0.4) is 0 Å². The molecule has 0 aliphatic rings. The SMILES string of the molecule is O=C(O)/C=C/c1ccc(-c2cc(-c3ccc(/C=C/C(=O)O)cc3)cc(-c3ccc(/C=C/C(=O)O)cc3)c2)cc1. The average molecular weight is 517 g/mol. The lowest BCUT2D eigenvalue weighted by atomic mass is 9.92. The highest BCUT2D eigenvalue weighted by molar-refractivity contribution is 5.87. The van der Waals surface area contributed by atoms with Crippen LogP contribution in [0.15, 0.2) is 109 Å². The summed E-state index contributed by atoms with van der Waals surface area (Å²) in [6.45, 7) is 0. The van der Waals surface area contributed by atoms with Gasteiger partial charge in [-0.2, -0.15) is 0 Å². The molecule has 0 unspecified atom stereocenters. The zero-order valence-corrected chi connectivity index (χ0v) is 20.7. The Labute approximate surface area is 225 Å². The molecule has 0 radical (unpaired) electrons. The van der Waals surface area contributed by atoms with Gasteiger partial charge in [-0.3, -0.25) is 0 Å². The monoisotopic (exact) mass is 516 g/mol. The quantitative estimate of drug-likeness (QED) is 0.207. The van der Waals surface area contributed by atoms with E-state index in [-0.39, 0.29) is 0 Å². The smallest absolute Gasteiger partial charge is 0.328 e. The first-order valence-corrected chi connectivity index (χ1v) is 12.0. The van der Waals surface area contributed by atoms with Crippen molar-refractivity contribution in [3.63, 3.8) is 0 Å². The normalized spacial score (nSPS) is 11.4. The number of hydrogen-bond acceptors (Lipinski definition) is 3.